The van der Waals surface area contributed by atoms with E-state index >= 15 is 0 Å². The number of rotatable bonds is 3. The number of carbonyl (C=O) groups is 1. The summed E-state index contributed by atoms with van der Waals surface area (Å²) in [7, 11) is 0. The fraction of sp³-hybridized carbons (Fsp3) is 0.348. The maximum Gasteiger partial charge on any atom is 0.173 e. The van der Waals surface area contributed by atoms with Gasteiger partial charge in [-0.25, -0.2) is 0 Å². The topological polar surface area (TPSA) is 55.8 Å². The Kier molecular flexibility index (Phi) is 4.04. The molecule has 4 nitrogen and oxygen atoms in total. The molecular weight excluding hydrogens is 376 g/mol. The SMILES string of the molecule is Cc1cc(Oc2cccc(Cl)c2)cc(C)c1C1=C(O)[C@H]2[C@@H](C1=O)[C@H]1CC[C@@H]2O1. The van der Waals surface area contributed by atoms with E-state index in [1.807, 2.05) is 38.1 Å². The van der Waals surface area contributed by atoms with Crippen LogP contribution >= 0.6 is 11.6 Å². The highest BCUT2D eigenvalue weighted by molar-refractivity contribution is 6.30. The average molecular weight is 397 g/mol. The van der Waals surface area contributed by atoms with Gasteiger partial charge in [0, 0.05) is 5.02 Å². The summed E-state index contributed by atoms with van der Waals surface area (Å²) in [6.07, 6.45) is 1.75. The fourth-order valence-electron chi connectivity index (χ4n) is 5.11. The Hall–Kier alpha value is -2.30. The first-order valence-electron chi connectivity index (χ1n) is 9.62. The predicted octanol–water partition coefficient (Wildman–Crippen LogP) is 5.39. The average Bonchev–Trinajstić information content (AvgIpc) is 3.31. The number of aliphatic hydroxyl groups excluding tert-OH is 1. The van der Waals surface area contributed by atoms with Crippen LogP contribution in [-0.2, 0) is 9.53 Å². The molecule has 5 rings (SSSR count). The van der Waals surface area contributed by atoms with E-state index < -0.39 is 0 Å². The number of fused-ring (bicyclic) bond motifs is 5. The number of allylic oxidation sites excluding steroid dienone is 1. The van der Waals surface area contributed by atoms with Crippen molar-refractivity contribution in [3.63, 3.8) is 0 Å². The van der Waals surface area contributed by atoms with Crippen LogP contribution < -0.4 is 4.74 Å². The molecule has 5 heteroatoms. The molecule has 0 amide bonds. The molecule has 0 saturated carbocycles. The van der Waals surface area contributed by atoms with Crippen LogP contribution in [0.4, 0.5) is 0 Å². The number of carbonyl (C=O) groups excluding carboxylic acids is 1. The maximum atomic E-state index is 13.2. The second-order valence-electron chi connectivity index (χ2n) is 7.96. The third kappa shape index (κ3) is 2.59. The molecule has 28 heavy (non-hydrogen) atoms. The largest absolute Gasteiger partial charge is 0.511 e. The molecular formula is C23H21ClO4. The van der Waals surface area contributed by atoms with E-state index in [0.717, 1.165) is 29.5 Å². The summed E-state index contributed by atoms with van der Waals surface area (Å²) in [5.41, 5.74) is 3.09. The lowest BCUT2D eigenvalue weighted by molar-refractivity contribution is -0.118. The van der Waals surface area contributed by atoms with E-state index in [1.54, 1.807) is 12.1 Å². The zero-order chi connectivity index (χ0) is 19.6. The normalized spacial score (nSPS) is 28.2. The van der Waals surface area contributed by atoms with Crippen LogP contribution in [0.5, 0.6) is 11.5 Å². The lowest BCUT2D eigenvalue weighted by Crippen LogP contribution is -2.29. The van der Waals surface area contributed by atoms with Gasteiger partial charge in [-0.2, -0.15) is 0 Å². The molecule has 0 aromatic heterocycles. The summed E-state index contributed by atoms with van der Waals surface area (Å²) < 4.78 is 11.8. The van der Waals surface area contributed by atoms with Crippen LogP contribution in [0, 0.1) is 25.7 Å². The van der Waals surface area contributed by atoms with E-state index in [9.17, 15) is 9.90 Å². The number of hydrogen-bond donors (Lipinski definition) is 1. The minimum Gasteiger partial charge on any atom is -0.511 e. The molecule has 2 fully saturated rings. The lowest BCUT2D eigenvalue weighted by Gasteiger charge is -2.19. The third-order valence-corrected chi connectivity index (χ3v) is 6.42. The molecule has 2 bridgehead atoms. The molecule has 3 aliphatic rings. The molecule has 1 N–H and O–H groups in total. The summed E-state index contributed by atoms with van der Waals surface area (Å²) in [6, 6.07) is 11.0. The molecule has 0 radical (unpaired) electrons. The molecule has 2 heterocycles. The number of hydrogen-bond acceptors (Lipinski definition) is 4. The van der Waals surface area contributed by atoms with Crippen molar-refractivity contribution in [3.05, 3.63) is 63.9 Å². The highest BCUT2D eigenvalue weighted by Gasteiger charge is 2.59. The maximum absolute atomic E-state index is 13.2. The van der Waals surface area contributed by atoms with Crippen molar-refractivity contribution in [1.29, 1.82) is 0 Å². The smallest absolute Gasteiger partial charge is 0.173 e. The fourth-order valence-corrected chi connectivity index (χ4v) is 5.29. The quantitative estimate of drug-likeness (QED) is 0.755. The first-order valence-corrected chi connectivity index (χ1v) is 9.99. The summed E-state index contributed by atoms with van der Waals surface area (Å²) in [5.74, 6) is 1.15. The van der Waals surface area contributed by atoms with Crippen LogP contribution in [0.15, 0.2) is 42.2 Å². The van der Waals surface area contributed by atoms with Gasteiger partial charge in [-0.3, -0.25) is 4.79 Å². The van der Waals surface area contributed by atoms with Crippen LogP contribution in [-0.4, -0.2) is 23.1 Å². The summed E-state index contributed by atoms with van der Waals surface area (Å²) in [5, 5.41) is 11.5. The number of halogens is 1. The number of aliphatic hydroxyl groups is 1. The van der Waals surface area contributed by atoms with Crippen LogP contribution in [0.3, 0.4) is 0 Å². The van der Waals surface area contributed by atoms with Gasteiger partial charge in [-0.15, -0.1) is 0 Å². The van der Waals surface area contributed by atoms with Gasteiger partial charge in [-0.1, -0.05) is 17.7 Å². The second-order valence-corrected chi connectivity index (χ2v) is 8.39. The van der Waals surface area contributed by atoms with Gasteiger partial charge in [0.25, 0.3) is 0 Å². The van der Waals surface area contributed by atoms with Gasteiger partial charge in [0.2, 0.25) is 0 Å². The van der Waals surface area contributed by atoms with Crippen LogP contribution in [0.25, 0.3) is 5.57 Å². The number of benzene rings is 2. The number of ether oxygens (including phenoxy) is 2. The van der Waals surface area contributed by atoms with Gasteiger partial charge in [0.15, 0.2) is 5.78 Å². The van der Waals surface area contributed by atoms with Crippen molar-refractivity contribution in [2.75, 3.05) is 0 Å². The molecule has 1 aliphatic carbocycles. The zero-order valence-corrected chi connectivity index (χ0v) is 16.5. The summed E-state index contributed by atoms with van der Waals surface area (Å²) in [6.45, 7) is 3.89. The van der Waals surface area contributed by atoms with E-state index in [-0.39, 0.29) is 35.6 Å². The zero-order valence-electron chi connectivity index (χ0n) is 15.7. The number of ketones is 1. The monoisotopic (exact) mass is 396 g/mol. The van der Waals surface area contributed by atoms with Crippen LogP contribution in [0.2, 0.25) is 5.02 Å². The van der Waals surface area contributed by atoms with Gasteiger partial charge in [-0.05, 0) is 73.7 Å². The Balaban J connectivity index is 1.52. The highest BCUT2D eigenvalue weighted by atomic mass is 35.5. The van der Waals surface area contributed by atoms with Crippen molar-refractivity contribution in [2.24, 2.45) is 11.8 Å². The molecule has 0 spiro atoms. The van der Waals surface area contributed by atoms with Gasteiger partial charge >= 0.3 is 0 Å². The van der Waals surface area contributed by atoms with Gasteiger partial charge < -0.3 is 14.6 Å². The molecule has 4 atom stereocenters. The molecule has 2 aromatic carbocycles. The number of aryl methyl sites for hydroxylation is 2. The highest BCUT2D eigenvalue weighted by Crippen LogP contribution is 2.54. The Morgan fingerprint density at radius 1 is 1.04 bits per heavy atom. The van der Waals surface area contributed by atoms with Crippen molar-refractivity contribution < 1.29 is 19.4 Å². The van der Waals surface area contributed by atoms with E-state index in [0.29, 0.717) is 22.1 Å². The minimum atomic E-state index is -0.227. The molecule has 2 aromatic rings. The third-order valence-electron chi connectivity index (χ3n) is 6.18. The molecule has 2 saturated heterocycles. The van der Waals surface area contributed by atoms with Crippen molar-refractivity contribution in [2.45, 2.75) is 38.9 Å². The van der Waals surface area contributed by atoms with Crippen molar-refractivity contribution >= 4 is 23.0 Å². The molecule has 144 valence electrons. The lowest BCUT2D eigenvalue weighted by atomic mass is 9.80. The second kappa shape index (κ2) is 6.36. The standard InChI is InChI=1S/C23H21ClO4/c1-11-8-15(27-14-5-3-4-13(24)10-14)9-12(2)18(11)21-22(25)19-16-6-7-17(28-16)20(19)23(21)26/h3-5,8-10,16-17,19-20,25H,6-7H2,1-2H3/t16-,17+,19+,20-/m0/s1. The van der Waals surface area contributed by atoms with Crippen molar-refractivity contribution in [3.8, 4) is 11.5 Å². The Morgan fingerprint density at radius 2 is 1.71 bits per heavy atom. The summed E-state index contributed by atoms with van der Waals surface area (Å²) in [4.78, 5) is 13.2. The van der Waals surface area contributed by atoms with E-state index in [1.165, 1.54) is 0 Å². The molecule has 2 aliphatic heterocycles. The Bertz CT molecular complexity index is 1000. The van der Waals surface area contributed by atoms with Gasteiger partial charge in [0.05, 0.1) is 29.6 Å². The van der Waals surface area contributed by atoms with E-state index in [4.69, 9.17) is 21.1 Å². The number of Topliss-reactive ketones (excluding diaryl/α,β-unsaturated/α-hetero) is 1. The van der Waals surface area contributed by atoms with Crippen molar-refractivity contribution in [1.82, 2.24) is 0 Å². The van der Waals surface area contributed by atoms with Crippen LogP contribution in [0.1, 0.15) is 29.5 Å². The predicted molar refractivity (Wildman–Crippen MR) is 107 cm³/mol. The first kappa shape index (κ1) is 17.8. The first-order chi connectivity index (χ1) is 13.4. The minimum absolute atomic E-state index is 0.0180. The summed E-state index contributed by atoms with van der Waals surface area (Å²) >= 11 is 6.03. The van der Waals surface area contributed by atoms with Gasteiger partial charge in [0.1, 0.15) is 17.3 Å². The Labute approximate surface area is 168 Å². The Morgan fingerprint density at radius 3 is 2.36 bits per heavy atom. The van der Waals surface area contributed by atoms with E-state index in [2.05, 4.69) is 0 Å². The molecule has 0 unspecified atom stereocenters.